The minimum absolute atomic E-state index is 0.0633. The second kappa shape index (κ2) is 5.01. The van der Waals surface area contributed by atoms with Crippen molar-refractivity contribution in [1.82, 2.24) is 19.9 Å². The lowest BCUT2D eigenvalue weighted by Crippen LogP contribution is -2.48. The predicted octanol–water partition coefficient (Wildman–Crippen LogP) is 2.77. The van der Waals surface area contributed by atoms with Gasteiger partial charge in [-0.3, -0.25) is 4.79 Å². The summed E-state index contributed by atoms with van der Waals surface area (Å²) >= 11 is 0.982. The first-order chi connectivity index (χ1) is 10.3. The Morgan fingerprint density at radius 2 is 1.91 bits per heavy atom. The quantitative estimate of drug-likeness (QED) is 0.869. The Kier molecular flexibility index (Phi) is 3.39. The number of nitrogens with zero attached hydrogens (tertiary/aromatic N) is 4. The van der Waals surface area contributed by atoms with Crippen LogP contribution < -0.4 is 0 Å². The highest BCUT2D eigenvalue weighted by Crippen LogP contribution is 2.53. The van der Waals surface area contributed by atoms with Gasteiger partial charge in [0.05, 0.1) is 6.20 Å². The number of aromatic nitrogens is 3. The van der Waals surface area contributed by atoms with Crippen LogP contribution >= 0.6 is 11.3 Å². The summed E-state index contributed by atoms with van der Waals surface area (Å²) in [6, 6.07) is 1.64. The van der Waals surface area contributed by atoms with Crippen LogP contribution in [0.2, 0.25) is 0 Å². The summed E-state index contributed by atoms with van der Waals surface area (Å²) in [6.07, 6.45) is -0.228. The summed E-state index contributed by atoms with van der Waals surface area (Å²) in [6.45, 7) is 0. The number of hydrogen-bond donors (Lipinski definition) is 0. The smallest absolute Gasteiger partial charge is 0.326 e. The van der Waals surface area contributed by atoms with Crippen LogP contribution in [0, 0.1) is 0 Å². The van der Waals surface area contributed by atoms with Crippen LogP contribution in [-0.2, 0) is 0 Å². The minimum Gasteiger partial charge on any atom is -0.326 e. The minimum atomic E-state index is -4.42. The molecule has 9 heteroatoms. The van der Waals surface area contributed by atoms with Crippen LogP contribution in [0.25, 0.3) is 10.8 Å². The van der Waals surface area contributed by atoms with E-state index in [1.54, 1.807) is 6.07 Å². The number of alkyl halides is 3. The van der Waals surface area contributed by atoms with Crippen molar-refractivity contribution < 1.29 is 18.0 Å². The Balaban J connectivity index is 1.84. The van der Waals surface area contributed by atoms with Gasteiger partial charge in [-0.1, -0.05) is 0 Å². The fraction of sp³-hybridized carbons (Fsp3) is 0.385. The third-order valence-electron chi connectivity index (χ3n) is 3.67. The van der Waals surface area contributed by atoms with Crippen molar-refractivity contribution in [1.29, 1.82) is 0 Å². The Labute approximate surface area is 127 Å². The highest BCUT2D eigenvalue weighted by atomic mass is 32.1. The van der Waals surface area contributed by atoms with Gasteiger partial charge in [-0.2, -0.15) is 13.2 Å². The molecular weight excluding hydrogens is 317 g/mol. The molecule has 0 aromatic carbocycles. The van der Waals surface area contributed by atoms with Gasteiger partial charge in [0, 0.05) is 19.4 Å². The zero-order valence-corrected chi connectivity index (χ0v) is 12.3. The summed E-state index contributed by atoms with van der Waals surface area (Å²) in [4.78, 5) is 25.2. The standard InChI is InChI=1S/C13H11F3N4OS/c1-20(12(3-4-12)13(14,15)16)11(21)8-7-19-10(22-8)9-17-5-2-6-18-9/h2,5-7H,3-4H2,1H3. The van der Waals surface area contributed by atoms with Gasteiger partial charge in [-0.05, 0) is 18.9 Å². The van der Waals surface area contributed by atoms with E-state index in [-0.39, 0.29) is 17.7 Å². The average Bonchev–Trinajstić information content (AvgIpc) is 3.18. The van der Waals surface area contributed by atoms with Crippen molar-refractivity contribution in [2.45, 2.75) is 24.6 Å². The highest BCUT2D eigenvalue weighted by Gasteiger charge is 2.67. The second-order valence-electron chi connectivity index (χ2n) is 5.00. The fourth-order valence-corrected chi connectivity index (χ4v) is 3.01. The molecule has 0 bridgehead atoms. The molecular formula is C13H11F3N4OS. The van der Waals surface area contributed by atoms with Crippen LogP contribution in [0.3, 0.4) is 0 Å². The number of rotatable bonds is 3. The summed E-state index contributed by atoms with van der Waals surface area (Å²) in [7, 11) is 1.18. The maximum atomic E-state index is 13.1. The van der Waals surface area contributed by atoms with E-state index in [1.807, 2.05) is 0 Å². The van der Waals surface area contributed by atoms with E-state index in [9.17, 15) is 18.0 Å². The molecule has 1 saturated carbocycles. The van der Waals surface area contributed by atoms with Crippen LogP contribution in [0.1, 0.15) is 22.5 Å². The zero-order chi connectivity index (χ0) is 16.0. The van der Waals surface area contributed by atoms with Gasteiger partial charge in [0.15, 0.2) is 10.8 Å². The topological polar surface area (TPSA) is 59.0 Å². The van der Waals surface area contributed by atoms with Gasteiger partial charge in [0.25, 0.3) is 5.91 Å². The fourth-order valence-electron chi connectivity index (χ4n) is 2.17. The van der Waals surface area contributed by atoms with Gasteiger partial charge in [0.1, 0.15) is 10.4 Å². The summed E-state index contributed by atoms with van der Waals surface area (Å²) in [5.74, 6) is -0.347. The van der Waals surface area contributed by atoms with E-state index in [4.69, 9.17) is 0 Å². The summed E-state index contributed by atoms with van der Waals surface area (Å²) in [5.41, 5.74) is -2.03. The lowest BCUT2D eigenvalue weighted by atomic mass is 10.2. The number of amides is 1. The third kappa shape index (κ3) is 2.35. The Morgan fingerprint density at radius 3 is 2.45 bits per heavy atom. The average molecular weight is 328 g/mol. The largest absolute Gasteiger partial charge is 0.411 e. The number of halogens is 3. The van der Waals surface area contributed by atoms with Crippen molar-refractivity contribution in [2.75, 3.05) is 7.05 Å². The van der Waals surface area contributed by atoms with Crippen molar-refractivity contribution >= 4 is 17.2 Å². The molecule has 1 fully saturated rings. The van der Waals surface area contributed by atoms with Crippen molar-refractivity contribution in [2.24, 2.45) is 0 Å². The lowest BCUT2D eigenvalue weighted by molar-refractivity contribution is -0.185. The zero-order valence-electron chi connectivity index (χ0n) is 11.5. The van der Waals surface area contributed by atoms with E-state index in [1.165, 1.54) is 25.6 Å². The molecule has 22 heavy (non-hydrogen) atoms. The molecule has 1 aliphatic carbocycles. The molecule has 116 valence electrons. The first kappa shape index (κ1) is 14.9. The predicted molar refractivity (Wildman–Crippen MR) is 73.3 cm³/mol. The monoisotopic (exact) mass is 328 g/mol. The Morgan fingerprint density at radius 1 is 1.27 bits per heavy atom. The van der Waals surface area contributed by atoms with Crippen LogP contribution in [0.15, 0.2) is 24.7 Å². The van der Waals surface area contributed by atoms with E-state index < -0.39 is 17.6 Å². The molecule has 2 aromatic heterocycles. The normalized spacial score (nSPS) is 16.4. The third-order valence-corrected chi connectivity index (χ3v) is 4.65. The molecule has 0 spiro atoms. The molecule has 0 radical (unpaired) electrons. The molecule has 0 unspecified atom stereocenters. The van der Waals surface area contributed by atoms with Crippen LogP contribution in [0.4, 0.5) is 13.2 Å². The van der Waals surface area contributed by atoms with Crippen LogP contribution in [0.5, 0.6) is 0 Å². The first-order valence-corrected chi connectivity index (χ1v) is 7.25. The molecule has 0 N–H and O–H groups in total. The summed E-state index contributed by atoms with van der Waals surface area (Å²) in [5, 5.41) is 0.397. The SMILES string of the molecule is CN(C(=O)c1cnc(-c2ncccn2)s1)C1(C(F)(F)F)CC1. The van der Waals surface area contributed by atoms with Gasteiger partial charge < -0.3 is 4.90 Å². The lowest BCUT2D eigenvalue weighted by Gasteiger charge is -2.29. The first-order valence-electron chi connectivity index (χ1n) is 6.43. The summed E-state index contributed by atoms with van der Waals surface area (Å²) < 4.78 is 39.2. The molecule has 0 saturated heterocycles. The van der Waals surface area contributed by atoms with E-state index >= 15 is 0 Å². The maximum absolute atomic E-state index is 13.1. The molecule has 2 aromatic rings. The number of carbonyl (C=O) groups is 1. The molecule has 5 nitrogen and oxygen atoms in total. The van der Waals surface area contributed by atoms with Crippen molar-refractivity contribution in [3.8, 4) is 10.8 Å². The Bertz CT molecular complexity index is 697. The maximum Gasteiger partial charge on any atom is 0.411 e. The number of carbonyl (C=O) groups excluding carboxylic acids is 1. The van der Waals surface area contributed by atoms with E-state index in [2.05, 4.69) is 15.0 Å². The van der Waals surface area contributed by atoms with E-state index in [0.717, 1.165) is 16.2 Å². The van der Waals surface area contributed by atoms with Crippen LogP contribution in [-0.4, -0.2) is 44.5 Å². The van der Waals surface area contributed by atoms with E-state index in [0.29, 0.717) is 10.8 Å². The molecule has 0 atom stereocenters. The van der Waals surface area contributed by atoms with Crippen molar-refractivity contribution in [3.05, 3.63) is 29.5 Å². The molecule has 0 aliphatic heterocycles. The number of thiazole rings is 1. The highest BCUT2D eigenvalue weighted by molar-refractivity contribution is 7.16. The molecule has 1 amide bonds. The molecule has 2 heterocycles. The molecule has 1 aliphatic rings. The van der Waals surface area contributed by atoms with Gasteiger partial charge >= 0.3 is 6.18 Å². The molecule has 3 rings (SSSR count). The number of hydrogen-bond acceptors (Lipinski definition) is 5. The second-order valence-corrected chi connectivity index (χ2v) is 6.03. The van der Waals surface area contributed by atoms with Crippen molar-refractivity contribution in [3.63, 3.8) is 0 Å². The Hall–Kier alpha value is -2.03. The van der Waals surface area contributed by atoms with Gasteiger partial charge in [-0.25, -0.2) is 15.0 Å². The van der Waals surface area contributed by atoms with Gasteiger partial charge in [0.2, 0.25) is 0 Å². The van der Waals surface area contributed by atoms with Gasteiger partial charge in [-0.15, -0.1) is 11.3 Å².